The van der Waals surface area contributed by atoms with Crippen LogP contribution in [-0.2, 0) is 34.0 Å². The lowest BCUT2D eigenvalue weighted by molar-refractivity contribution is -0.146. The minimum absolute atomic E-state index is 0.0863. The number of nitrogens with zero attached hydrogens (tertiary/aromatic N) is 1. The summed E-state index contributed by atoms with van der Waals surface area (Å²) in [6.45, 7) is 9.46. The van der Waals surface area contributed by atoms with Gasteiger partial charge in [-0.15, -0.1) is 0 Å². The van der Waals surface area contributed by atoms with Crippen molar-refractivity contribution >= 4 is 39.4 Å². The molecule has 0 spiro atoms. The molecule has 278 valence electrons. The van der Waals surface area contributed by atoms with Crippen molar-refractivity contribution < 1.29 is 32.4 Å². The minimum atomic E-state index is -3.72. The van der Waals surface area contributed by atoms with Crippen molar-refractivity contribution in [3.63, 3.8) is 0 Å². The third-order valence-corrected chi connectivity index (χ3v) is 11.3. The Kier molecular flexibility index (Phi) is 13.3. The van der Waals surface area contributed by atoms with Gasteiger partial charge in [0.05, 0.1) is 18.3 Å². The number of carbonyl (C=O) groups is 5. The van der Waals surface area contributed by atoms with Crippen molar-refractivity contribution in [2.75, 3.05) is 12.8 Å². The van der Waals surface area contributed by atoms with Crippen LogP contribution in [0.2, 0.25) is 0 Å². The first-order chi connectivity index (χ1) is 23.5. The zero-order valence-corrected chi connectivity index (χ0v) is 31.3. The molecule has 12 nitrogen and oxygen atoms in total. The van der Waals surface area contributed by atoms with Gasteiger partial charge >= 0.3 is 0 Å². The standard InChI is InChI=1S/C37H57N5O7S/c1-7-15-28(31(43)35(46)38-23(2)24-16-10-8-11-17-24)39-34(45)30-27-21-14-20-26(27)22-42(30)36(47)32(37(3,4)5)40-33(44)29(41-50(6,48)49)25-18-12-9-13-19-25/h8,10-11,16-17,23,25-30,32,41H,7,9,12-15,18-22H2,1-6H3,(H,38,46)(H,39,45)(H,40,44)/t23-,26?,27-,28-,29-,30-,32+/m0/s1. The smallest absolute Gasteiger partial charge is 0.290 e. The number of likely N-dealkylation sites (tertiary alicyclic amines) is 1. The summed E-state index contributed by atoms with van der Waals surface area (Å²) < 4.78 is 27.2. The van der Waals surface area contributed by atoms with Gasteiger partial charge in [-0.2, -0.15) is 0 Å². The molecule has 7 atom stereocenters. The Morgan fingerprint density at radius 3 is 2.16 bits per heavy atom. The Bertz CT molecular complexity index is 1490. The zero-order valence-electron chi connectivity index (χ0n) is 30.5. The number of fused-ring (bicyclic) bond motifs is 1. The number of hydrogen-bond acceptors (Lipinski definition) is 7. The van der Waals surface area contributed by atoms with Gasteiger partial charge in [0, 0.05) is 6.54 Å². The maximum absolute atomic E-state index is 14.5. The van der Waals surface area contributed by atoms with Gasteiger partial charge in [-0.3, -0.25) is 24.0 Å². The number of ketones is 1. The molecule has 2 saturated carbocycles. The highest BCUT2D eigenvalue weighted by molar-refractivity contribution is 7.88. The van der Waals surface area contributed by atoms with Gasteiger partial charge in [-0.05, 0) is 67.8 Å². The molecule has 4 N–H and O–H groups in total. The number of benzene rings is 1. The molecule has 0 aromatic heterocycles. The van der Waals surface area contributed by atoms with E-state index in [0.717, 1.165) is 50.3 Å². The molecule has 13 heteroatoms. The fraction of sp³-hybridized carbons (Fsp3) is 0.703. The first kappa shape index (κ1) is 39.5. The van der Waals surface area contributed by atoms with Gasteiger partial charge in [0.15, 0.2) is 0 Å². The number of carbonyl (C=O) groups excluding carboxylic acids is 5. The molecule has 3 fully saturated rings. The molecule has 0 bridgehead atoms. The Hall–Kier alpha value is -3.32. The summed E-state index contributed by atoms with van der Waals surface area (Å²) in [5.41, 5.74) is 0.0665. The molecule has 4 amide bonds. The molecule has 1 unspecified atom stereocenters. The second kappa shape index (κ2) is 16.8. The normalized spacial score (nSPS) is 23.6. The largest absolute Gasteiger partial charge is 0.344 e. The summed E-state index contributed by atoms with van der Waals surface area (Å²) in [5.74, 6) is -3.22. The fourth-order valence-corrected chi connectivity index (χ4v) is 8.80. The number of amides is 4. The summed E-state index contributed by atoms with van der Waals surface area (Å²) in [7, 11) is -3.72. The van der Waals surface area contributed by atoms with Gasteiger partial charge in [-0.25, -0.2) is 13.1 Å². The third kappa shape index (κ3) is 9.92. The van der Waals surface area contributed by atoms with E-state index in [0.29, 0.717) is 25.8 Å². The van der Waals surface area contributed by atoms with Crippen molar-refractivity contribution in [2.24, 2.45) is 23.2 Å². The van der Waals surface area contributed by atoms with Gasteiger partial charge in [0.1, 0.15) is 18.1 Å². The van der Waals surface area contributed by atoms with Crippen LogP contribution >= 0.6 is 0 Å². The maximum Gasteiger partial charge on any atom is 0.290 e. The Morgan fingerprint density at radius 1 is 0.900 bits per heavy atom. The van der Waals surface area contributed by atoms with Crippen LogP contribution in [0.15, 0.2) is 30.3 Å². The molecule has 1 aromatic rings. The van der Waals surface area contributed by atoms with Crippen LogP contribution in [0, 0.1) is 23.2 Å². The molecule has 1 aromatic carbocycles. The van der Waals surface area contributed by atoms with Crippen LogP contribution in [0.3, 0.4) is 0 Å². The van der Waals surface area contributed by atoms with Crippen molar-refractivity contribution in [3.8, 4) is 0 Å². The van der Waals surface area contributed by atoms with Crippen LogP contribution in [0.25, 0.3) is 0 Å². The van der Waals surface area contributed by atoms with E-state index in [1.807, 2.05) is 58.0 Å². The van der Waals surface area contributed by atoms with Gasteiger partial charge < -0.3 is 20.9 Å². The predicted octanol–water partition coefficient (Wildman–Crippen LogP) is 3.37. The average Bonchev–Trinajstić information content (AvgIpc) is 3.67. The van der Waals surface area contributed by atoms with Crippen LogP contribution in [0.1, 0.15) is 110 Å². The lowest BCUT2D eigenvalue weighted by Gasteiger charge is -2.38. The first-order valence-corrected chi connectivity index (χ1v) is 20.2. The molecule has 50 heavy (non-hydrogen) atoms. The predicted molar refractivity (Wildman–Crippen MR) is 191 cm³/mol. The average molecular weight is 716 g/mol. The highest BCUT2D eigenvalue weighted by atomic mass is 32.2. The van der Waals surface area contributed by atoms with E-state index in [1.54, 1.807) is 11.8 Å². The molecule has 4 rings (SSSR count). The van der Waals surface area contributed by atoms with E-state index in [2.05, 4.69) is 20.7 Å². The lowest BCUT2D eigenvalue weighted by atomic mass is 9.82. The van der Waals surface area contributed by atoms with Crippen molar-refractivity contribution in [1.29, 1.82) is 0 Å². The van der Waals surface area contributed by atoms with Crippen molar-refractivity contribution in [1.82, 2.24) is 25.6 Å². The fourth-order valence-electron chi connectivity index (χ4n) is 8.04. The summed E-state index contributed by atoms with van der Waals surface area (Å²) in [6.07, 6.45) is 8.54. The number of sulfonamides is 1. The molecule has 3 aliphatic rings. The van der Waals surface area contributed by atoms with Crippen molar-refractivity contribution in [3.05, 3.63) is 35.9 Å². The molecular formula is C37H57N5O7S. The van der Waals surface area contributed by atoms with Crippen LogP contribution in [0.5, 0.6) is 0 Å². The summed E-state index contributed by atoms with van der Waals surface area (Å²) >= 11 is 0. The molecular weight excluding hydrogens is 659 g/mol. The van der Waals surface area contributed by atoms with E-state index >= 15 is 0 Å². The van der Waals surface area contributed by atoms with E-state index in [4.69, 9.17) is 0 Å². The van der Waals surface area contributed by atoms with Crippen LogP contribution < -0.4 is 20.7 Å². The Morgan fingerprint density at radius 2 is 1.56 bits per heavy atom. The Labute approximate surface area is 297 Å². The number of Topliss-reactive ketones (excluding diaryl/α,β-unsaturated/α-hetero) is 1. The first-order valence-electron chi connectivity index (χ1n) is 18.3. The van der Waals surface area contributed by atoms with Gasteiger partial charge in [-0.1, -0.05) is 90.1 Å². The van der Waals surface area contributed by atoms with Gasteiger partial charge in [0.2, 0.25) is 33.5 Å². The second-order valence-corrected chi connectivity index (χ2v) is 17.5. The van der Waals surface area contributed by atoms with E-state index in [-0.39, 0.29) is 24.2 Å². The van der Waals surface area contributed by atoms with Crippen molar-refractivity contribution in [2.45, 2.75) is 129 Å². The van der Waals surface area contributed by atoms with E-state index in [9.17, 15) is 32.4 Å². The lowest BCUT2D eigenvalue weighted by Crippen LogP contribution is -2.62. The second-order valence-electron chi connectivity index (χ2n) is 15.7. The number of nitrogens with one attached hydrogen (secondary N) is 4. The quantitative estimate of drug-likeness (QED) is 0.214. The highest BCUT2D eigenvalue weighted by Crippen LogP contribution is 2.43. The SMILES string of the molecule is CCC[C@H](NC(=O)[C@@H]1[C@H]2CCCC2CN1C(=O)[C@@H](NC(=O)[C@@H](NS(C)(=O)=O)C1CCCCC1)C(C)(C)C)C(=O)C(=O)N[C@@H](C)c1ccccc1. The monoisotopic (exact) mass is 715 g/mol. The highest BCUT2D eigenvalue weighted by Gasteiger charge is 2.52. The van der Waals surface area contributed by atoms with Crippen LogP contribution in [-0.4, -0.2) is 79.7 Å². The maximum atomic E-state index is 14.5. The molecule has 1 saturated heterocycles. The number of hydrogen-bond donors (Lipinski definition) is 4. The summed E-state index contributed by atoms with van der Waals surface area (Å²) in [5, 5.41) is 8.51. The molecule has 0 radical (unpaired) electrons. The molecule has 1 aliphatic heterocycles. The molecule has 1 heterocycles. The Balaban J connectivity index is 1.54. The summed E-state index contributed by atoms with van der Waals surface area (Å²) in [4.78, 5) is 70.7. The van der Waals surface area contributed by atoms with Gasteiger partial charge in [0.25, 0.3) is 5.91 Å². The van der Waals surface area contributed by atoms with Crippen LogP contribution in [0.4, 0.5) is 0 Å². The minimum Gasteiger partial charge on any atom is -0.344 e. The van der Waals surface area contributed by atoms with E-state index in [1.165, 1.54) is 0 Å². The third-order valence-electron chi connectivity index (χ3n) is 10.7. The summed E-state index contributed by atoms with van der Waals surface area (Å²) in [6, 6.07) is 4.86. The zero-order chi connectivity index (χ0) is 36.8. The topological polar surface area (TPSA) is 171 Å². The molecule has 2 aliphatic carbocycles. The number of rotatable bonds is 14. The van der Waals surface area contributed by atoms with E-state index < -0.39 is 75.1 Å².